The van der Waals surface area contributed by atoms with E-state index in [4.69, 9.17) is 4.74 Å². The number of nitrogens with zero attached hydrogens (tertiary/aromatic N) is 2. The number of hydrogen-bond acceptors (Lipinski definition) is 4. The summed E-state index contributed by atoms with van der Waals surface area (Å²) in [5, 5.41) is 3.26. The fraction of sp³-hybridized carbons (Fsp3) is 0.375. The SMILES string of the molecule is Fc1ccc(Oc2ccnc(NCC3CCCC3)n2)cc1. The van der Waals surface area contributed by atoms with Gasteiger partial charge in [0.05, 0.1) is 0 Å². The van der Waals surface area contributed by atoms with Gasteiger partial charge in [0.1, 0.15) is 11.6 Å². The molecule has 21 heavy (non-hydrogen) atoms. The molecule has 0 unspecified atom stereocenters. The second-order valence-corrected chi connectivity index (χ2v) is 5.31. The van der Waals surface area contributed by atoms with E-state index in [1.54, 1.807) is 24.4 Å². The van der Waals surface area contributed by atoms with Crippen molar-refractivity contribution in [3.8, 4) is 11.6 Å². The Kier molecular flexibility index (Phi) is 4.28. The molecule has 5 heteroatoms. The molecule has 0 saturated heterocycles. The minimum atomic E-state index is -0.288. The van der Waals surface area contributed by atoms with E-state index in [2.05, 4.69) is 15.3 Å². The zero-order chi connectivity index (χ0) is 14.5. The van der Waals surface area contributed by atoms with Crippen molar-refractivity contribution in [1.82, 2.24) is 9.97 Å². The minimum Gasteiger partial charge on any atom is -0.439 e. The van der Waals surface area contributed by atoms with Crippen LogP contribution in [0.1, 0.15) is 25.7 Å². The first-order chi connectivity index (χ1) is 10.3. The molecular weight excluding hydrogens is 269 g/mol. The molecule has 1 N–H and O–H groups in total. The number of benzene rings is 1. The minimum absolute atomic E-state index is 0.288. The topological polar surface area (TPSA) is 47.0 Å². The second kappa shape index (κ2) is 6.52. The van der Waals surface area contributed by atoms with Crippen LogP contribution < -0.4 is 10.1 Å². The van der Waals surface area contributed by atoms with Crippen molar-refractivity contribution in [1.29, 1.82) is 0 Å². The highest BCUT2D eigenvalue weighted by molar-refractivity contribution is 5.31. The predicted octanol–water partition coefficient (Wildman–Crippen LogP) is 4.01. The lowest BCUT2D eigenvalue weighted by Crippen LogP contribution is -2.13. The van der Waals surface area contributed by atoms with Crippen LogP contribution in [0.4, 0.5) is 10.3 Å². The summed E-state index contributed by atoms with van der Waals surface area (Å²) >= 11 is 0. The molecule has 0 aliphatic heterocycles. The normalized spacial score (nSPS) is 15.1. The average Bonchev–Trinajstić information content (AvgIpc) is 3.01. The summed E-state index contributed by atoms with van der Waals surface area (Å²) in [6, 6.07) is 7.54. The Balaban J connectivity index is 1.60. The van der Waals surface area contributed by atoms with Crippen LogP contribution in [0.3, 0.4) is 0 Å². The molecule has 4 nitrogen and oxygen atoms in total. The third-order valence-corrected chi connectivity index (χ3v) is 3.69. The Morgan fingerprint density at radius 3 is 2.67 bits per heavy atom. The van der Waals surface area contributed by atoms with E-state index in [9.17, 15) is 4.39 Å². The van der Waals surface area contributed by atoms with Crippen LogP contribution in [0.25, 0.3) is 0 Å². The van der Waals surface area contributed by atoms with Gasteiger partial charge in [0, 0.05) is 18.8 Å². The van der Waals surface area contributed by atoms with Crippen LogP contribution in [0.5, 0.6) is 11.6 Å². The number of rotatable bonds is 5. The number of nitrogens with one attached hydrogen (secondary N) is 1. The summed E-state index contributed by atoms with van der Waals surface area (Å²) in [6.07, 6.45) is 6.85. The quantitative estimate of drug-likeness (QED) is 0.902. The van der Waals surface area contributed by atoms with Gasteiger partial charge in [-0.2, -0.15) is 4.98 Å². The van der Waals surface area contributed by atoms with Gasteiger partial charge in [-0.05, 0) is 43.0 Å². The van der Waals surface area contributed by atoms with E-state index in [0.717, 1.165) is 12.5 Å². The van der Waals surface area contributed by atoms with Crippen molar-refractivity contribution < 1.29 is 9.13 Å². The maximum Gasteiger partial charge on any atom is 0.225 e. The molecule has 1 aromatic carbocycles. The summed E-state index contributed by atoms with van der Waals surface area (Å²) in [6.45, 7) is 0.903. The van der Waals surface area contributed by atoms with Gasteiger partial charge in [0.2, 0.25) is 11.8 Å². The summed E-state index contributed by atoms with van der Waals surface area (Å²) in [5.41, 5.74) is 0. The Labute approximate surface area is 123 Å². The van der Waals surface area contributed by atoms with Crippen molar-refractivity contribution in [2.24, 2.45) is 5.92 Å². The molecule has 1 heterocycles. The van der Waals surface area contributed by atoms with Crippen LogP contribution >= 0.6 is 0 Å². The highest BCUT2D eigenvalue weighted by Crippen LogP contribution is 2.25. The lowest BCUT2D eigenvalue weighted by atomic mass is 10.1. The Morgan fingerprint density at radius 1 is 1.14 bits per heavy atom. The van der Waals surface area contributed by atoms with E-state index < -0.39 is 0 Å². The number of halogens is 1. The smallest absolute Gasteiger partial charge is 0.225 e. The third kappa shape index (κ3) is 3.90. The van der Waals surface area contributed by atoms with Gasteiger partial charge in [0.25, 0.3) is 0 Å². The predicted molar refractivity (Wildman–Crippen MR) is 79.0 cm³/mol. The fourth-order valence-electron chi connectivity index (χ4n) is 2.56. The molecule has 1 aromatic heterocycles. The van der Waals surface area contributed by atoms with E-state index in [0.29, 0.717) is 17.6 Å². The van der Waals surface area contributed by atoms with E-state index in [1.165, 1.54) is 37.8 Å². The number of aromatic nitrogens is 2. The molecule has 0 spiro atoms. The molecule has 0 radical (unpaired) electrons. The number of ether oxygens (including phenoxy) is 1. The second-order valence-electron chi connectivity index (χ2n) is 5.31. The molecule has 0 atom stereocenters. The summed E-state index contributed by atoms with van der Waals surface area (Å²) < 4.78 is 18.4. The monoisotopic (exact) mass is 287 g/mol. The van der Waals surface area contributed by atoms with Crippen molar-refractivity contribution in [2.75, 3.05) is 11.9 Å². The lowest BCUT2D eigenvalue weighted by molar-refractivity contribution is 0.460. The van der Waals surface area contributed by atoms with Crippen molar-refractivity contribution in [3.05, 3.63) is 42.3 Å². The highest BCUT2D eigenvalue weighted by Gasteiger charge is 2.14. The summed E-state index contributed by atoms with van der Waals surface area (Å²) in [7, 11) is 0. The average molecular weight is 287 g/mol. The van der Waals surface area contributed by atoms with Gasteiger partial charge in [0.15, 0.2) is 0 Å². The molecule has 0 bridgehead atoms. The number of anilines is 1. The molecule has 1 aliphatic carbocycles. The van der Waals surface area contributed by atoms with Crippen molar-refractivity contribution in [3.63, 3.8) is 0 Å². The Morgan fingerprint density at radius 2 is 1.90 bits per heavy atom. The summed E-state index contributed by atoms with van der Waals surface area (Å²) in [4.78, 5) is 8.51. The molecule has 110 valence electrons. The first-order valence-electron chi connectivity index (χ1n) is 7.30. The van der Waals surface area contributed by atoms with E-state index in [1.807, 2.05) is 0 Å². The molecule has 2 aromatic rings. The first-order valence-corrected chi connectivity index (χ1v) is 7.30. The maximum atomic E-state index is 12.8. The fourth-order valence-corrected chi connectivity index (χ4v) is 2.56. The van der Waals surface area contributed by atoms with Crippen molar-refractivity contribution in [2.45, 2.75) is 25.7 Å². The van der Waals surface area contributed by atoms with E-state index >= 15 is 0 Å². The highest BCUT2D eigenvalue weighted by atomic mass is 19.1. The van der Waals surface area contributed by atoms with Crippen LogP contribution in [0.15, 0.2) is 36.5 Å². The molecule has 0 amide bonds. The standard InChI is InChI=1S/C16H18FN3O/c17-13-5-7-14(8-6-13)21-15-9-10-18-16(20-15)19-11-12-3-1-2-4-12/h5-10,12H,1-4,11H2,(H,18,19,20). The third-order valence-electron chi connectivity index (χ3n) is 3.69. The van der Waals surface area contributed by atoms with Crippen LogP contribution in [-0.2, 0) is 0 Å². The lowest BCUT2D eigenvalue weighted by Gasteiger charge is -2.11. The molecule has 3 rings (SSSR count). The zero-order valence-corrected chi connectivity index (χ0v) is 11.8. The van der Waals surface area contributed by atoms with Crippen LogP contribution in [0, 0.1) is 11.7 Å². The Bertz CT molecular complexity index is 582. The van der Waals surface area contributed by atoms with Gasteiger partial charge in [-0.25, -0.2) is 9.37 Å². The van der Waals surface area contributed by atoms with Crippen molar-refractivity contribution >= 4 is 5.95 Å². The first kappa shape index (κ1) is 13.8. The van der Waals surface area contributed by atoms with Gasteiger partial charge in [-0.15, -0.1) is 0 Å². The van der Waals surface area contributed by atoms with Gasteiger partial charge >= 0.3 is 0 Å². The van der Waals surface area contributed by atoms with Gasteiger partial charge in [-0.1, -0.05) is 12.8 Å². The number of hydrogen-bond donors (Lipinski definition) is 1. The molecule has 1 fully saturated rings. The van der Waals surface area contributed by atoms with Gasteiger partial charge in [-0.3, -0.25) is 0 Å². The molecular formula is C16H18FN3O. The van der Waals surface area contributed by atoms with Crippen LogP contribution in [-0.4, -0.2) is 16.5 Å². The molecule has 1 aliphatic rings. The maximum absolute atomic E-state index is 12.8. The zero-order valence-electron chi connectivity index (χ0n) is 11.8. The summed E-state index contributed by atoms with van der Waals surface area (Å²) in [5.74, 6) is 2.00. The van der Waals surface area contributed by atoms with Crippen LogP contribution in [0.2, 0.25) is 0 Å². The Hall–Kier alpha value is -2.17. The van der Waals surface area contributed by atoms with E-state index in [-0.39, 0.29) is 5.82 Å². The van der Waals surface area contributed by atoms with Gasteiger partial charge < -0.3 is 10.1 Å². The molecule has 1 saturated carbocycles. The largest absolute Gasteiger partial charge is 0.439 e.